The Bertz CT molecular complexity index is 574. The van der Waals surface area contributed by atoms with Gasteiger partial charge in [0.1, 0.15) is 0 Å². The van der Waals surface area contributed by atoms with E-state index in [1.807, 2.05) is 10.9 Å². The predicted octanol–water partition coefficient (Wildman–Crippen LogP) is 3.39. The first-order valence-electron chi connectivity index (χ1n) is 7.86. The maximum absolute atomic E-state index is 4.24. The first-order valence-corrected chi connectivity index (χ1v) is 7.86. The van der Waals surface area contributed by atoms with Gasteiger partial charge in [-0.3, -0.25) is 0 Å². The number of aryl methyl sites for hydroxylation is 2. The van der Waals surface area contributed by atoms with Gasteiger partial charge in [0, 0.05) is 6.54 Å². The van der Waals surface area contributed by atoms with E-state index in [-0.39, 0.29) is 6.04 Å². The van der Waals surface area contributed by atoms with E-state index in [0.717, 1.165) is 31.6 Å². The van der Waals surface area contributed by atoms with Gasteiger partial charge < -0.3 is 5.32 Å². The van der Waals surface area contributed by atoms with E-state index in [1.54, 1.807) is 0 Å². The van der Waals surface area contributed by atoms with Crippen LogP contribution in [-0.2, 0) is 6.54 Å². The maximum Gasteiger partial charge on any atom is 0.0802 e. The summed E-state index contributed by atoms with van der Waals surface area (Å²) in [6, 6.07) is 6.66. The number of nitrogens with zero attached hydrogens (tertiary/aromatic N) is 3. The Morgan fingerprint density at radius 1 is 1.19 bits per heavy atom. The highest BCUT2D eigenvalue weighted by Crippen LogP contribution is 2.26. The zero-order chi connectivity index (χ0) is 15.2. The first kappa shape index (κ1) is 15.7. The molecule has 4 heteroatoms. The average Bonchev–Trinajstić information content (AvgIpc) is 2.92. The van der Waals surface area contributed by atoms with Gasteiger partial charge in [0.05, 0.1) is 17.9 Å². The largest absolute Gasteiger partial charge is 0.305 e. The Labute approximate surface area is 127 Å². The Kier molecular flexibility index (Phi) is 5.51. The van der Waals surface area contributed by atoms with Gasteiger partial charge in [-0.15, -0.1) is 5.10 Å². The van der Waals surface area contributed by atoms with E-state index >= 15 is 0 Å². The molecule has 1 atom stereocenters. The molecule has 114 valence electrons. The molecule has 0 saturated heterocycles. The van der Waals surface area contributed by atoms with Crippen LogP contribution in [0.1, 0.15) is 55.1 Å². The van der Waals surface area contributed by atoms with E-state index in [4.69, 9.17) is 0 Å². The Morgan fingerprint density at radius 2 is 2.00 bits per heavy atom. The van der Waals surface area contributed by atoms with Crippen molar-refractivity contribution in [2.24, 2.45) is 0 Å². The predicted molar refractivity (Wildman–Crippen MR) is 86.4 cm³/mol. The molecule has 2 rings (SSSR count). The van der Waals surface area contributed by atoms with Crippen LogP contribution in [0.15, 0.2) is 24.4 Å². The van der Waals surface area contributed by atoms with Crippen molar-refractivity contribution >= 4 is 0 Å². The van der Waals surface area contributed by atoms with Gasteiger partial charge >= 0.3 is 0 Å². The van der Waals surface area contributed by atoms with Crippen LogP contribution in [0.2, 0.25) is 0 Å². The van der Waals surface area contributed by atoms with Gasteiger partial charge in [-0.05, 0) is 49.9 Å². The van der Waals surface area contributed by atoms with Crippen molar-refractivity contribution in [1.82, 2.24) is 20.3 Å². The minimum Gasteiger partial charge on any atom is -0.305 e. The number of rotatable bonds is 7. The third-order valence-corrected chi connectivity index (χ3v) is 3.93. The maximum atomic E-state index is 4.24. The molecule has 0 amide bonds. The van der Waals surface area contributed by atoms with Crippen LogP contribution < -0.4 is 5.32 Å². The second kappa shape index (κ2) is 7.36. The summed E-state index contributed by atoms with van der Waals surface area (Å²) in [6.45, 7) is 10.6. The molecule has 21 heavy (non-hydrogen) atoms. The Morgan fingerprint density at radius 3 is 2.71 bits per heavy atom. The van der Waals surface area contributed by atoms with E-state index in [0.29, 0.717) is 0 Å². The van der Waals surface area contributed by atoms with Crippen molar-refractivity contribution in [3.8, 4) is 0 Å². The van der Waals surface area contributed by atoms with Crippen LogP contribution in [0, 0.1) is 13.8 Å². The van der Waals surface area contributed by atoms with Gasteiger partial charge in [0.25, 0.3) is 0 Å². The highest BCUT2D eigenvalue weighted by Gasteiger charge is 2.20. The smallest absolute Gasteiger partial charge is 0.0802 e. The molecule has 1 unspecified atom stereocenters. The fourth-order valence-corrected chi connectivity index (χ4v) is 2.62. The van der Waals surface area contributed by atoms with Crippen LogP contribution in [0.3, 0.4) is 0 Å². The summed E-state index contributed by atoms with van der Waals surface area (Å²) in [5.74, 6) is 0. The van der Waals surface area contributed by atoms with Crippen LogP contribution in [0.25, 0.3) is 0 Å². The second-order valence-corrected chi connectivity index (χ2v) is 5.56. The van der Waals surface area contributed by atoms with Gasteiger partial charge in [-0.1, -0.05) is 37.3 Å². The molecule has 4 nitrogen and oxygen atoms in total. The molecular weight excluding hydrogens is 260 g/mol. The first-order chi connectivity index (χ1) is 10.2. The molecule has 2 aromatic rings. The fraction of sp³-hybridized carbons (Fsp3) is 0.529. The van der Waals surface area contributed by atoms with Gasteiger partial charge in [-0.25, -0.2) is 4.68 Å². The molecular formula is C17H26N4. The van der Waals surface area contributed by atoms with Crippen LogP contribution >= 0.6 is 0 Å². The fourth-order valence-electron chi connectivity index (χ4n) is 2.62. The summed E-state index contributed by atoms with van der Waals surface area (Å²) in [5, 5.41) is 12.0. The van der Waals surface area contributed by atoms with Crippen molar-refractivity contribution in [2.75, 3.05) is 6.54 Å². The zero-order valence-electron chi connectivity index (χ0n) is 13.6. The van der Waals surface area contributed by atoms with Crippen molar-refractivity contribution < 1.29 is 0 Å². The van der Waals surface area contributed by atoms with E-state index in [9.17, 15) is 0 Å². The van der Waals surface area contributed by atoms with Gasteiger partial charge in [0.15, 0.2) is 0 Å². The third-order valence-electron chi connectivity index (χ3n) is 3.93. The molecule has 0 spiro atoms. The monoisotopic (exact) mass is 286 g/mol. The summed E-state index contributed by atoms with van der Waals surface area (Å²) >= 11 is 0. The number of benzene rings is 1. The second-order valence-electron chi connectivity index (χ2n) is 5.56. The molecule has 0 aliphatic carbocycles. The number of hydrogen-bond acceptors (Lipinski definition) is 3. The topological polar surface area (TPSA) is 42.7 Å². The van der Waals surface area contributed by atoms with Crippen molar-refractivity contribution in [3.05, 3.63) is 46.8 Å². The minimum atomic E-state index is 0.159. The molecule has 0 radical (unpaired) electrons. The van der Waals surface area contributed by atoms with Gasteiger partial charge in [0.2, 0.25) is 0 Å². The number of nitrogens with one attached hydrogen (secondary N) is 1. The SMILES string of the molecule is CCCNC(c1cccc(C)c1C)c1cnnn1CCC. The third kappa shape index (κ3) is 3.50. The summed E-state index contributed by atoms with van der Waals surface area (Å²) in [4.78, 5) is 0. The van der Waals surface area contributed by atoms with E-state index in [1.165, 1.54) is 16.7 Å². The Hall–Kier alpha value is -1.68. The normalized spacial score (nSPS) is 12.6. The van der Waals surface area contributed by atoms with Crippen LogP contribution in [0.5, 0.6) is 0 Å². The lowest BCUT2D eigenvalue weighted by atomic mass is 9.95. The van der Waals surface area contributed by atoms with Crippen LogP contribution in [-0.4, -0.2) is 21.5 Å². The molecule has 1 heterocycles. The highest BCUT2D eigenvalue weighted by molar-refractivity contribution is 5.38. The molecule has 1 N–H and O–H groups in total. The molecule has 0 saturated carbocycles. The van der Waals surface area contributed by atoms with Crippen LogP contribution in [0.4, 0.5) is 0 Å². The molecule has 0 aliphatic rings. The highest BCUT2D eigenvalue weighted by atomic mass is 15.4. The Balaban J connectivity index is 2.42. The molecule has 0 fully saturated rings. The van der Waals surface area contributed by atoms with E-state index in [2.05, 4.69) is 61.5 Å². The lowest BCUT2D eigenvalue weighted by molar-refractivity contribution is 0.503. The summed E-state index contributed by atoms with van der Waals surface area (Å²) in [5.41, 5.74) is 5.14. The van der Waals surface area contributed by atoms with Gasteiger partial charge in [-0.2, -0.15) is 0 Å². The van der Waals surface area contributed by atoms with Crippen molar-refractivity contribution in [3.63, 3.8) is 0 Å². The summed E-state index contributed by atoms with van der Waals surface area (Å²) in [7, 11) is 0. The summed E-state index contributed by atoms with van der Waals surface area (Å²) < 4.78 is 2.02. The standard InChI is InChI=1S/C17H26N4/c1-5-10-18-17(15-9-7-8-13(3)14(15)4)16-12-19-20-21(16)11-6-2/h7-9,12,17-18H,5-6,10-11H2,1-4H3. The number of hydrogen-bond donors (Lipinski definition) is 1. The summed E-state index contributed by atoms with van der Waals surface area (Å²) in [6.07, 6.45) is 4.06. The zero-order valence-corrected chi connectivity index (χ0v) is 13.6. The average molecular weight is 286 g/mol. The lowest BCUT2D eigenvalue weighted by Crippen LogP contribution is -2.26. The van der Waals surface area contributed by atoms with Crippen molar-refractivity contribution in [1.29, 1.82) is 0 Å². The lowest BCUT2D eigenvalue weighted by Gasteiger charge is -2.22. The molecule has 0 aliphatic heterocycles. The molecule has 1 aromatic carbocycles. The van der Waals surface area contributed by atoms with Crippen molar-refractivity contribution in [2.45, 2.75) is 53.1 Å². The molecule has 0 bridgehead atoms. The minimum absolute atomic E-state index is 0.159. The van der Waals surface area contributed by atoms with E-state index < -0.39 is 0 Å². The quantitative estimate of drug-likeness (QED) is 0.848. The molecule has 1 aromatic heterocycles. The number of aromatic nitrogens is 3.